The van der Waals surface area contributed by atoms with Crippen molar-refractivity contribution in [3.63, 3.8) is 0 Å². The highest BCUT2D eigenvalue weighted by molar-refractivity contribution is 5.95. The van der Waals surface area contributed by atoms with Crippen LogP contribution in [0, 0.1) is 0 Å². The molecule has 1 N–H and O–H groups in total. The van der Waals surface area contributed by atoms with Crippen molar-refractivity contribution in [3.8, 4) is 23.0 Å². The molecule has 5 rings (SSSR count). The van der Waals surface area contributed by atoms with E-state index >= 15 is 0 Å². The number of carbonyl (C=O) groups is 1. The summed E-state index contributed by atoms with van der Waals surface area (Å²) < 4.78 is 23.1. The number of anilines is 1. The fourth-order valence-corrected chi connectivity index (χ4v) is 4.08. The second-order valence-electron chi connectivity index (χ2n) is 7.03. The number of amides is 2. The maximum absolute atomic E-state index is 13.0. The van der Waals surface area contributed by atoms with E-state index in [-0.39, 0.29) is 12.1 Å². The van der Waals surface area contributed by atoms with Crippen LogP contribution in [0.4, 0.5) is 10.5 Å². The van der Waals surface area contributed by atoms with Gasteiger partial charge in [0.05, 0.1) is 18.8 Å². The van der Waals surface area contributed by atoms with Crippen LogP contribution in [0.1, 0.15) is 24.9 Å². The Morgan fingerprint density at radius 1 is 1.19 bits per heavy atom. The van der Waals surface area contributed by atoms with Gasteiger partial charge in [-0.05, 0) is 25.1 Å². The molecular formula is C20H20N2O5. The van der Waals surface area contributed by atoms with Gasteiger partial charge in [-0.2, -0.15) is 0 Å². The number of fused-ring (bicyclic) bond motifs is 5. The topological polar surface area (TPSA) is 69.3 Å². The van der Waals surface area contributed by atoms with E-state index < -0.39 is 5.72 Å². The highest BCUT2D eigenvalue weighted by atomic mass is 16.6. The lowest BCUT2D eigenvalue weighted by molar-refractivity contribution is 0.0349. The number of hydrogen-bond acceptors (Lipinski definition) is 5. The number of para-hydroxylation sites is 1. The summed E-state index contributed by atoms with van der Waals surface area (Å²) in [5.74, 6) is 2.64. The number of rotatable bonds is 2. The molecule has 2 atom stereocenters. The first kappa shape index (κ1) is 16.1. The summed E-state index contributed by atoms with van der Waals surface area (Å²) in [6.07, 6.45) is 0.618. The number of carbonyl (C=O) groups excluding carboxylic acids is 1. The van der Waals surface area contributed by atoms with Gasteiger partial charge in [0.2, 0.25) is 0 Å². The van der Waals surface area contributed by atoms with Gasteiger partial charge >= 0.3 is 6.03 Å². The van der Waals surface area contributed by atoms with E-state index in [1.165, 1.54) is 0 Å². The van der Waals surface area contributed by atoms with Crippen molar-refractivity contribution >= 4 is 11.7 Å². The molecule has 3 heterocycles. The minimum Gasteiger partial charge on any atom is -0.493 e. The molecule has 140 valence electrons. The molecule has 2 aromatic rings. The van der Waals surface area contributed by atoms with Gasteiger partial charge in [-0.3, -0.25) is 4.90 Å². The van der Waals surface area contributed by atoms with E-state index in [9.17, 15) is 4.79 Å². The monoisotopic (exact) mass is 368 g/mol. The Kier molecular flexibility index (Phi) is 3.40. The van der Waals surface area contributed by atoms with Crippen molar-refractivity contribution in [2.75, 3.05) is 25.2 Å². The molecule has 27 heavy (non-hydrogen) atoms. The van der Waals surface area contributed by atoms with Crippen LogP contribution in [0.25, 0.3) is 0 Å². The van der Waals surface area contributed by atoms with E-state index in [1.807, 2.05) is 43.3 Å². The van der Waals surface area contributed by atoms with Crippen LogP contribution in [0.3, 0.4) is 0 Å². The Hall–Kier alpha value is -3.09. The molecule has 3 aliphatic rings. The summed E-state index contributed by atoms with van der Waals surface area (Å²) in [7, 11) is 1.61. The van der Waals surface area contributed by atoms with Gasteiger partial charge in [0.25, 0.3) is 0 Å². The van der Waals surface area contributed by atoms with Crippen LogP contribution < -0.4 is 29.2 Å². The highest BCUT2D eigenvalue weighted by Gasteiger charge is 2.50. The zero-order valence-corrected chi connectivity index (χ0v) is 15.2. The zero-order chi connectivity index (χ0) is 18.6. The normalized spacial score (nSPS) is 25.2. The Bertz CT molecular complexity index is 931. The van der Waals surface area contributed by atoms with Gasteiger partial charge in [-0.25, -0.2) is 4.79 Å². The smallest absolute Gasteiger partial charge is 0.325 e. The lowest BCUT2D eigenvalue weighted by atomic mass is 9.90. The van der Waals surface area contributed by atoms with E-state index in [0.29, 0.717) is 48.3 Å². The van der Waals surface area contributed by atoms with Crippen molar-refractivity contribution < 1.29 is 23.7 Å². The maximum Gasteiger partial charge on any atom is 0.325 e. The lowest BCUT2D eigenvalue weighted by Gasteiger charge is -2.50. The van der Waals surface area contributed by atoms with Crippen LogP contribution >= 0.6 is 0 Å². The standard InChI is InChI=1S/C20H20N2O5/c1-20-11-14(13-4-3-5-16(24-2)18(13)27-20)21-19(23)22(20)12-6-7-15-17(10-12)26-9-8-25-15/h3-7,10,14H,8-9,11H2,1-2H3,(H,21,23)/t14-,20+/m1/s1. The average Bonchev–Trinajstić information content (AvgIpc) is 2.67. The van der Waals surface area contributed by atoms with Crippen LogP contribution in [0.15, 0.2) is 36.4 Å². The quantitative estimate of drug-likeness (QED) is 0.881. The summed E-state index contributed by atoms with van der Waals surface area (Å²) in [6.45, 7) is 2.93. The van der Waals surface area contributed by atoms with E-state index in [2.05, 4.69) is 5.32 Å². The third-order valence-electron chi connectivity index (χ3n) is 5.27. The Morgan fingerprint density at radius 3 is 2.81 bits per heavy atom. The number of hydrogen-bond donors (Lipinski definition) is 1. The summed E-state index contributed by atoms with van der Waals surface area (Å²) >= 11 is 0. The third-order valence-corrected chi connectivity index (χ3v) is 5.27. The van der Waals surface area contributed by atoms with E-state index in [4.69, 9.17) is 18.9 Å². The van der Waals surface area contributed by atoms with Crippen molar-refractivity contribution in [3.05, 3.63) is 42.0 Å². The molecule has 0 aromatic heterocycles. The third kappa shape index (κ3) is 2.38. The Morgan fingerprint density at radius 2 is 2.00 bits per heavy atom. The average molecular weight is 368 g/mol. The summed E-state index contributed by atoms with van der Waals surface area (Å²) in [5.41, 5.74) is 0.774. The van der Waals surface area contributed by atoms with Crippen molar-refractivity contribution in [1.29, 1.82) is 0 Å². The molecule has 7 nitrogen and oxygen atoms in total. The summed E-state index contributed by atoms with van der Waals surface area (Å²) in [6, 6.07) is 10.9. The number of urea groups is 1. The van der Waals surface area contributed by atoms with Crippen molar-refractivity contribution in [2.24, 2.45) is 0 Å². The molecule has 1 saturated heterocycles. The number of benzene rings is 2. The predicted molar refractivity (Wildman–Crippen MR) is 97.8 cm³/mol. The molecule has 0 saturated carbocycles. The Labute approximate surface area is 156 Å². The number of nitrogens with zero attached hydrogens (tertiary/aromatic N) is 1. The molecule has 0 radical (unpaired) electrons. The predicted octanol–water partition coefficient (Wildman–Crippen LogP) is 3.24. The first-order chi connectivity index (χ1) is 13.1. The fourth-order valence-electron chi connectivity index (χ4n) is 4.08. The van der Waals surface area contributed by atoms with E-state index in [1.54, 1.807) is 12.0 Å². The zero-order valence-electron chi connectivity index (χ0n) is 15.2. The molecule has 1 fully saturated rings. The van der Waals surface area contributed by atoms with Crippen molar-refractivity contribution in [1.82, 2.24) is 5.32 Å². The molecule has 2 aromatic carbocycles. The lowest BCUT2D eigenvalue weighted by Crippen LogP contribution is -2.65. The van der Waals surface area contributed by atoms with Crippen LogP contribution in [-0.4, -0.2) is 32.1 Å². The molecule has 0 aliphatic carbocycles. The molecular weight excluding hydrogens is 348 g/mol. The number of ether oxygens (including phenoxy) is 4. The minimum atomic E-state index is -0.849. The van der Waals surface area contributed by atoms with Gasteiger partial charge in [0.1, 0.15) is 13.2 Å². The number of methoxy groups -OCH3 is 1. The van der Waals surface area contributed by atoms with Gasteiger partial charge in [0.15, 0.2) is 28.7 Å². The maximum atomic E-state index is 13.0. The fraction of sp³-hybridized carbons (Fsp3) is 0.350. The van der Waals surface area contributed by atoms with Gasteiger partial charge in [-0.1, -0.05) is 12.1 Å². The second kappa shape index (κ2) is 5.70. The molecule has 7 heteroatoms. The largest absolute Gasteiger partial charge is 0.493 e. The minimum absolute atomic E-state index is 0.130. The molecule has 2 amide bonds. The first-order valence-electron chi connectivity index (χ1n) is 8.95. The second-order valence-corrected chi connectivity index (χ2v) is 7.03. The molecule has 3 aliphatic heterocycles. The van der Waals surface area contributed by atoms with E-state index in [0.717, 1.165) is 5.56 Å². The van der Waals surface area contributed by atoms with Gasteiger partial charge < -0.3 is 24.3 Å². The van der Waals surface area contributed by atoms with Crippen LogP contribution in [-0.2, 0) is 0 Å². The number of nitrogens with one attached hydrogen (secondary N) is 1. The first-order valence-corrected chi connectivity index (χ1v) is 8.95. The van der Waals surface area contributed by atoms with Crippen molar-refractivity contribution in [2.45, 2.75) is 25.1 Å². The Balaban J connectivity index is 1.58. The van der Waals surface area contributed by atoms with Crippen LogP contribution in [0.2, 0.25) is 0 Å². The summed E-state index contributed by atoms with van der Waals surface area (Å²) in [4.78, 5) is 14.6. The van der Waals surface area contributed by atoms with Gasteiger partial charge in [-0.15, -0.1) is 0 Å². The molecule has 0 spiro atoms. The highest BCUT2D eigenvalue weighted by Crippen LogP contribution is 2.49. The van der Waals surface area contributed by atoms with Crippen LogP contribution in [0.5, 0.6) is 23.0 Å². The SMILES string of the molecule is COc1cccc2c1O[C@@]1(C)C[C@H]2NC(=O)N1c1ccc2c(c1)OCCO2. The molecule has 0 unspecified atom stereocenters. The summed E-state index contributed by atoms with van der Waals surface area (Å²) in [5, 5.41) is 3.09. The molecule has 2 bridgehead atoms. The van der Waals surface area contributed by atoms with Gasteiger partial charge in [0, 0.05) is 18.1 Å².